The summed E-state index contributed by atoms with van der Waals surface area (Å²) in [6.07, 6.45) is 1.94. The number of Topliss-reactive ketones (excluding diaryl/α,β-unsaturated/α-hetero) is 1. The molecule has 8 nitrogen and oxygen atoms in total. The molecule has 152 valence electrons. The van der Waals surface area contributed by atoms with E-state index in [9.17, 15) is 19.2 Å². The summed E-state index contributed by atoms with van der Waals surface area (Å²) in [5.74, 6) is -1.16. The number of ether oxygens (including phenoxy) is 1. The average Bonchev–Trinajstić information content (AvgIpc) is 3.36. The van der Waals surface area contributed by atoms with Gasteiger partial charge in [-0.15, -0.1) is 0 Å². The molecule has 1 aliphatic heterocycles. The summed E-state index contributed by atoms with van der Waals surface area (Å²) in [4.78, 5) is 49.5. The fraction of sp³-hybridized carbons (Fsp3) is 0.333. The molecule has 1 aromatic carbocycles. The topological polar surface area (TPSA) is 106 Å². The minimum absolute atomic E-state index is 0.0551. The highest BCUT2D eigenvalue weighted by molar-refractivity contribution is 5.99. The second-order valence-electron chi connectivity index (χ2n) is 6.76. The van der Waals surface area contributed by atoms with Crippen molar-refractivity contribution in [2.75, 3.05) is 18.5 Å². The van der Waals surface area contributed by atoms with Crippen molar-refractivity contribution in [3.05, 3.63) is 54.0 Å². The molecule has 0 aliphatic carbocycles. The lowest BCUT2D eigenvalue weighted by Crippen LogP contribution is -2.27. The summed E-state index contributed by atoms with van der Waals surface area (Å²) in [5.41, 5.74) is 0.959. The Morgan fingerprint density at radius 1 is 1.21 bits per heavy atom. The third-order valence-corrected chi connectivity index (χ3v) is 4.63. The molecule has 2 heterocycles. The molecule has 0 radical (unpaired) electrons. The molecule has 29 heavy (non-hydrogen) atoms. The number of nitrogens with zero attached hydrogens (tertiary/aromatic N) is 1. The van der Waals surface area contributed by atoms with Gasteiger partial charge in [-0.25, -0.2) is 0 Å². The SMILES string of the molecule is CCC(=O)Nc1ccc(C(=O)COC(=O)[C@@H]2CC(=O)N(Cc3ccco3)C2)cc1. The van der Waals surface area contributed by atoms with Crippen LogP contribution in [0.1, 0.15) is 35.9 Å². The highest BCUT2D eigenvalue weighted by Crippen LogP contribution is 2.21. The van der Waals surface area contributed by atoms with Crippen molar-refractivity contribution in [3.63, 3.8) is 0 Å². The maximum Gasteiger partial charge on any atom is 0.311 e. The predicted molar refractivity (Wildman–Crippen MR) is 103 cm³/mol. The van der Waals surface area contributed by atoms with Crippen LogP contribution in [0.4, 0.5) is 5.69 Å². The number of esters is 1. The third kappa shape index (κ3) is 5.31. The number of hydrogen-bond acceptors (Lipinski definition) is 6. The highest BCUT2D eigenvalue weighted by atomic mass is 16.5. The van der Waals surface area contributed by atoms with Gasteiger partial charge >= 0.3 is 5.97 Å². The van der Waals surface area contributed by atoms with Crippen molar-refractivity contribution in [3.8, 4) is 0 Å². The van der Waals surface area contributed by atoms with Gasteiger partial charge in [-0.3, -0.25) is 19.2 Å². The number of carbonyl (C=O) groups excluding carboxylic acids is 4. The number of anilines is 1. The maximum absolute atomic E-state index is 12.3. The summed E-state index contributed by atoms with van der Waals surface area (Å²) in [5, 5.41) is 2.69. The number of rotatable bonds is 8. The van der Waals surface area contributed by atoms with E-state index < -0.39 is 18.5 Å². The lowest BCUT2D eigenvalue weighted by molar-refractivity contribution is -0.147. The highest BCUT2D eigenvalue weighted by Gasteiger charge is 2.35. The summed E-state index contributed by atoms with van der Waals surface area (Å²) < 4.78 is 10.4. The number of ketones is 1. The molecule has 1 atom stereocenters. The van der Waals surface area contributed by atoms with Crippen molar-refractivity contribution in [1.29, 1.82) is 0 Å². The first-order valence-electron chi connectivity index (χ1n) is 9.36. The van der Waals surface area contributed by atoms with Gasteiger partial charge in [-0.05, 0) is 36.4 Å². The Hall–Kier alpha value is -3.42. The smallest absolute Gasteiger partial charge is 0.311 e. The summed E-state index contributed by atoms with van der Waals surface area (Å²) in [6, 6.07) is 9.85. The average molecular weight is 398 g/mol. The number of hydrogen-bond donors (Lipinski definition) is 1. The molecule has 1 fully saturated rings. The van der Waals surface area contributed by atoms with Gasteiger partial charge in [-0.1, -0.05) is 6.92 Å². The molecule has 0 saturated carbocycles. The number of benzene rings is 1. The molecule has 1 N–H and O–H groups in total. The zero-order chi connectivity index (χ0) is 20.8. The molecule has 3 rings (SSSR count). The van der Waals surface area contributed by atoms with Gasteiger partial charge in [0.2, 0.25) is 11.8 Å². The van der Waals surface area contributed by atoms with E-state index in [1.165, 1.54) is 11.2 Å². The summed E-state index contributed by atoms with van der Waals surface area (Å²) >= 11 is 0. The zero-order valence-corrected chi connectivity index (χ0v) is 16.1. The maximum atomic E-state index is 12.3. The second-order valence-corrected chi connectivity index (χ2v) is 6.76. The van der Waals surface area contributed by atoms with E-state index in [1.54, 1.807) is 43.3 Å². The van der Waals surface area contributed by atoms with E-state index in [0.717, 1.165) is 0 Å². The summed E-state index contributed by atoms with van der Waals surface area (Å²) in [7, 11) is 0. The number of likely N-dealkylation sites (tertiary alicyclic amines) is 1. The van der Waals surface area contributed by atoms with Gasteiger partial charge < -0.3 is 19.4 Å². The van der Waals surface area contributed by atoms with Crippen molar-refractivity contribution in [2.45, 2.75) is 26.3 Å². The van der Waals surface area contributed by atoms with E-state index in [4.69, 9.17) is 9.15 Å². The normalized spacial score (nSPS) is 16.0. The molecule has 2 aromatic rings. The number of furan rings is 1. The van der Waals surface area contributed by atoms with Gasteiger partial charge in [0.15, 0.2) is 12.4 Å². The van der Waals surface area contributed by atoms with Crippen molar-refractivity contribution in [2.24, 2.45) is 5.92 Å². The van der Waals surface area contributed by atoms with Crippen LogP contribution in [0.5, 0.6) is 0 Å². The fourth-order valence-corrected chi connectivity index (χ4v) is 3.00. The van der Waals surface area contributed by atoms with Crippen molar-refractivity contribution >= 4 is 29.3 Å². The van der Waals surface area contributed by atoms with Crippen LogP contribution in [0, 0.1) is 5.92 Å². The van der Waals surface area contributed by atoms with Crippen LogP contribution in [0.3, 0.4) is 0 Å². The van der Waals surface area contributed by atoms with Gasteiger partial charge in [0.05, 0.1) is 18.7 Å². The lowest BCUT2D eigenvalue weighted by atomic mass is 10.1. The number of carbonyl (C=O) groups is 4. The minimum atomic E-state index is -0.600. The van der Waals surface area contributed by atoms with Crippen LogP contribution in [0.25, 0.3) is 0 Å². The molecule has 1 aliphatic rings. The quantitative estimate of drug-likeness (QED) is 0.541. The molecule has 0 spiro atoms. The Bertz CT molecular complexity index is 888. The monoisotopic (exact) mass is 398 g/mol. The van der Waals surface area contributed by atoms with E-state index in [-0.39, 0.29) is 30.6 Å². The molecule has 1 saturated heterocycles. The summed E-state index contributed by atoms with van der Waals surface area (Å²) in [6.45, 7) is 1.88. The molecule has 2 amide bonds. The van der Waals surface area contributed by atoms with Crippen LogP contribution in [0.2, 0.25) is 0 Å². The standard InChI is InChI=1S/C21H22N2O6/c1-2-19(25)22-16-7-5-14(6-8-16)18(24)13-29-21(27)15-10-20(26)23(11-15)12-17-4-3-9-28-17/h3-9,15H,2,10-13H2,1H3,(H,22,25)/t15-/m1/s1. The molecule has 0 bridgehead atoms. The minimum Gasteiger partial charge on any atom is -0.467 e. The van der Waals surface area contributed by atoms with Crippen LogP contribution >= 0.6 is 0 Å². The number of nitrogens with one attached hydrogen (secondary N) is 1. The molecular weight excluding hydrogens is 376 g/mol. The molecule has 0 unspecified atom stereocenters. The Morgan fingerprint density at radius 3 is 2.62 bits per heavy atom. The third-order valence-electron chi connectivity index (χ3n) is 4.63. The van der Waals surface area contributed by atoms with E-state index >= 15 is 0 Å². The first-order chi connectivity index (χ1) is 14.0. The Morgan fingerprint density at radius 2 is 1.97 bits per heavy atom. The van der Waals surface area contributed by atoms with Crippen molar-refractivity contribution < 1.29 is 28.3 Å². The lowest BCUT2D eigenvalue weighted by Gasteiger charge is -2.14. The Kier molecular flexibility index (Phi) is 6.43. The van der Waals surface area contributed by atoms with E-state index in [1.807, 2.05) is 0 Å². The van der Waals surface area contributed by atoms with Crippen molar-refractivity contribution in [1.82, 2.24) is 4.90 Å². The first kappa shape index (κ1) is 20.3. The first-order valence-corrected chi connectivity index (χ1v) is 9.36. The second kappa shape index (κ2) is 9.18. The van der Waals surface area contributed by atoms with Gasteiger partial charge in [0.1, 0.15) is 5.76 Å². The number of amides is 2. The van der Waals surface area contributed by atoms with Gasteiger partial charge in [0.25, 0.3) is 0 Å². The Balaban J connectivity index is 1.48. The van der Waals surface area contributed by atoms with E-state index in [0.29, 0.717) is 30.0 Å². The fourth-order valence-electron chi connectivity index (χ4n) is 3.00. The predicted octanol–water partition coefficient (Wildman–Crippen LogP) is 2.40. The molecule has 1 aromatic heterocycles. The van der Waals surface area contributed by atoms with Gasteiger partial charge in [0, 0.05) is 30.6 Å². The largest absolute Gasteiger partial charge is 0.467 e. The molecular formula is C21H22N2O6. The van der Waals surface area contributed by atoms with Crippen LogP contribution in [-0.4, -0.2) is 41.6 Å². The van der Waals surface area contributed by atoms with Gasteiger partial charge in [-0.2, -0.15) is 0 Å². The van der Waals surface area contributed by atoms with Crippen LogP contribution in [0.15, 0.2) is 47.1 Å². The zero-order valence-electron chi connectivity index (χ0n) is 16.1. The Labute approximate surface area is 167 Å². The van der Waals surface area contributed by atoms with Crippen LogP contribution in [-0.2, 0) is 25.7 Å². The van der Waals surface area contributed by atoms with E-state index in [2.05, 4.69) is 5.32 Å². The van der Waals surface area contributed by atoms with Crippen LogP contribution < -0.4 is 5.32 Å². The molecule has 8 heteroatoms.